The van der Waals surface area contributed by atoms with Crippen LogP contribution < -0.4 is 5.32 Å². The summed E-state index contributed by atoms with van der Waals surface area (Å²) >= 11 is 0. The molecule has 7 heteroatoms. The van der Waals surface area contributed by atoms with E-state index in [4.69, 9.17) is 9.97 Å². The van der Waals surface area contributed by atoms with Gasteiger partial charge in [0, 0.05) is 23.1 Å². The van der Waals surface area contributed by atoms with E-state index < -0.39 is 0 Å². The second kappa shape index (κ2) is 9.23. The Hall–Kier alpha value is -4.57. The number of nitrogens with zero attached hydrogens (tertiary/aromatic N) is 6. The molecular formula is C29H27N7. The standard InChI is InChI=1S/C29H27N7/c1-17-11-19(3)27-24(12-17)18(2)13-26(34-27)36-29(23(15-30)16-31-36)35-28-25(20(4)32-21(5)33-28)14-22-9-7-6-8-10-22/h6-13,16H,14H2,1-5H3,(H,32,33,35). The molecule has 3 heterocycles. The minimum atomic E-state index is 0.412. The van der Waals surface area contributed by atoms with Crippen LogP contribution in [0.4, 0.5) is 11.6 Å². The number of fused-ring (bicyclic) bond motifs is 1. The number of aromatic nitrogens is 5. The molecule has 5 rings (SSSR count). The zero-order valence-corrected chi connectivity index (χ0v) is 21.1. The molecule has 2 aromatic carbocycles. The summed E-state index contributed by atoms with van der Waals surface area (Å²) in [4.78, 5) is 14.2. The topological polar surface area (TPSA) is 92.3 Å². The molecule has 0 fully saturated rings. The van der Waals surface area contributed by atoms with Gasteiger partial charge in [0.25, 0.3) is 0 Å². The molecule has 0 atom stereocenters. The summed E-state index contributed by atoms with van der Waals surface area (Å²) in [6.07, 6.45) is 2.22. The zero-order chi connectivity index (χ0) is 25.4. The van der Waals surface area contributed by atoms with Gasteiger partial charge in [-0.05, 0) is 63.4 Å². The SMILES string of the molecule is Cc1cc(C)c2nc(-n3ncc(C#N)c3Nc3nc(C)nc(C)c3Cc3ccccc3)cc(C)c2c1. The minimum absolute atomic E-state index is 0.412. The fourth-order valence-electron chi connectivity index (χ4n) is 4.62. The van der Waals surface area contributed by atoms with Crippen molar-refractivity contribution in [3.63, 3.8) is 0 Å². The van der Waals surface area contributed by atoms with Crippen LogP contribution in [-0.2, 0) is 6.42 Å². The van der Waals surface area contributed by atoms with E-state index in [-0.39, 0.29) is 0 Å². The van der Waals surface area contributed by atoms with Gasteiger partial charge < -0.3 is 5.32 Å². The highest BCUT2D eigenvalue weighted by Gasteiger charge is 2.19. The van der Waals surface area contributed by atoms with E-state index in [0.717, 1.165) is 38.9 Å². The van der Waals surface area contributed by atoms with Gasteiger partial charge in [-0.1, -0.05) is 42.0 Å². The molecule has 0 saturated carbocycles. The Morgan fingerprint density at radius 2 is 1.69 bits per heavy atom. The normalized spacial score (nSPS) is 11.0. The van der Waals surface area contributed by atoms with Gasteiger partial charge in [-0.2, -0.15) is 15.0 Å². The number of pyridine rings is 1. The third kappa shape index (κ3) is 4.29. The molecule has 5 aromatic rings. The largest absolute Gasteiger partial charge is 0.323 e. The quantitative estimate of drug-likeness (QED) is 0.339. The minimum Gasteiger partial charge on any atom is -0.323 e. The Balaban J connectivity index is 1.64. The molecule has 3 aromatic heterocycles. The maximum atomic E-state index is 9.87. The molecule has 0 spiro atoms. The van der Waals surface area contributed by atoms with Gasteiger partial charge in [0.1, 0.15) is 23.3 Å². The van der Waals surface area contributed by atoms with Crippen LogP contribution in [0.2, 0.25) is 0 Å². The van der Waals surface area contributed by atoms with Crippen LogP contribution in [0.15, 0.2) is 54.7 Å². The second-order valence-electron chi connectivity index (χ2n) is 9.18. The average molecular weight is 474 g/mol. The van der Waals surface area contributed by atoms with E-state index in [1.807, 2.05) is 38.1 Å². The third-order valence-corrected chi connectivity index (χ3v) is 6.33. The fraction of sp³-hybridized carbons (Fsp3) is 0.207. The van der Waals surface area contributed by atoms with E-state index in [1.54, 1.807) is 10.9 Å². The lowest BCUT2D eigenvalue weighted by Crippen LogP contribution is -2.11. The van der Waals surface area contributed by atoms with Crippen molar-refractivity contribution in [1.82, 2.24) is 24.7 Å². The molecule has 0 bridgehead atoms. The van der Waals surface area contributed by atoms with E-state index in [0.29, 0.717) is 35.3 Å². The lowest BCUT2D eigenvalue weighted by molar-refractivity contribution is 0.855. The van der Waals surface area contributed by atoms with Gasteiger partial charge in [-0.25, -0.2) is 15.0 Å². The van der Waals surface area contributed by atoms with Gasteiger partial charge in [0.05, 0.1) is 11.7 Å². The molecule has 0 radical (unpaired) electrons. The first-order chi connectivity index (χ1) is 17.3. The molecule has 0 amide bonds. The van der Waals surface area contributed by atoms with E-state index in [2.05, 4.69) is 66.5 Å². The van der Waals surface area contributed by atoms with Gasteiger partial charge in [-0.3, -0.25) is 0 Å². The average Bonchev–Trinajstić information content (AvgIpc) is 3.25. The molecule has 0 unspecified atom stereocenters. The number of nitriles is 1. The Morgan fingerprint density at radius 3 is 2.44 bits per heavy atom. The molecule has 7 nitrogen and oxygen atoms in total. The summed E-state index contributed by atoms with van der Waals surface area (Å²) < 4.78 is 1.68. The predicted octanol–water partition coefficient (Wildman–Crippen LogP) is 5.96. The number of hydrogen-bond donors (Lipinski definition) is 1. The Kier molecular flexibility index (Phi) is 5.95. The van der Waals surface area contributed by atoms with Crippen molar-refractivity contribution in [2.75, 3.05) is 5.32 Å². The summed E-state index contributed by atoms with van der Waals surface area (Å²) in [5.74, 6) is 2.48. The summed E-state index contributed by atoms with van der Waals surface area (Å²) in [5.41, 5.74) is 7.75. The third-order valence-electron chi connectivity index (χ3n) is 6.33. The first kappa shape index (κ1) is 23.2. The van der Waals surface area contributed by atoms with Crippen LogP contribution >= 0.6 is 0 Å². The maximum absolute atomic E-state index is 9.87. The van der Waals surface area contributed by atoms with Crippen molar-refractivity contribution in [3.05, 3.63) is 99.6 Å². The van der Waals surface area contributed by atoms with Crippen molar-refractivity contribution < 1.29 is 0 Å². The van der Waals surface area contributed by atoms with Crippen LogP contribution in [0, 0.1) is 45.9 Å². The monoisotopic (exact) mass is 473 g/mol. The highest BCUT2D eigenvalue weighted by molar-refractivity contribution is 5.86. The van der Waals surface area contributed by atoms with Crippen molar-refractivity contribution in [2.45, 2.75) is 41.0 Å². The van der Waals surface area contributed by atoms with Crippen LogP contribution in [0.3, 0.4) is 0 Å². The maximum Gasteiger partial charge on any atom is 0.156 e. The van der Waals surface area contributed by atoms with Crippen LogP contribution in [0.5, 0.6) is 0 Å². The Labute approximate surface area is 210 Å². The Morgan fingerprint density at radius 1 is 0.917 bits per heavy atom. The number of anilines is 2. The first-order valence-electron chi connectivity index (χ1n) is 11.9. The fourth-order valence-corrected chi connectivity index (χ4v) is 4.62. The van der Waals surface area contributed by atoms with Crippen LogP contribution in [0.25, 0.3) is 16.7 Å². The van der Waals surface area contributed by atoms with Crippen LogP contribution in [0.1, 0.15) is 44.9 Å². The van der Waals surface area contributed by atoms with Crippen molar-refractivity contribution in [3.8, 4) is 11.9 Å². The number of hydrogen-bond acceptors (Lipinski definition) is 6. The van der Waals surface area contributed by atoms with Crippen molar-refractivity contribution in [1.29, 1.82) is 5.26 Å². The number of nitrogens with one attached hydrogen (secondary N) is 1. The van der Waals surface area contributed by atoms with E-state index in [9.17, 15) is 5.26 Å². The summed E-state index contributed by atoms with van der Waals surface area (Å²) in [7, 11) is 0. The van der Waals surface area contributed by atoms with Crippen molar-refractivity contribution >= 4 is 22.5 Å². The molecule has 36 heavy (non-hydrogen) atoms. The van der Waals surface area contributed by atoms with Gasteiger partial charge in [0.15, 0.2) is 11.6 Å². The smallest absolute Gasteiger partial charge is 0.156 e. The summed E-state index contributed by atoms with van der Waals surface area (Å²) in [6, 6.07) is 18.7. The van der Waals surface area contributed by atoms with Crippen molar-refractivity contribution in [2.24, 2.45) is 0 Å². The predicted molar refractivity (Wildman–Crippen MR) is 142 cm³/mol. The highest BCUT2D eigenvalue weighted by Crippen LogP contribution is 2.29. The molecular weight excluding hydrogens is 446 g/mol. The van der Waals surface area contributed by atoms with E-state index in [1.165, 1.54) is 5.56 Å². The lowest BCUT2D eigenvalue weighted by atomic mass is 10.0. The highest BCUT2D eigenvalue weighted by atomic mass is 15.4. The van der Waals surface area contributed by atoms with Gasteiger partial charge in [0.2, 0.25) is 0 Å². The molecule has 0 saturated heterocycles. The molecule has 0 aliphatic carbocycles. The lowest BCUT2D eigenvalue weighted by Gasteiger charge is -2.16. The number of aryl methyl sites for hydroxylation is 5. The van der Waals surface area contributed by atoms with E-state index >= 15 is 0 Å². The molecule has 178 valence electrons. The Bertz CT molecular complexity index is 1640. The molecule has 0 aliphatic rings. The number of rotatable bonds is 5. The molecule has 1 N–H and O–H groups in total. The van der Waals surface area contributed by atoms with Crippen LogP contribution in [-0.4, -0.2) is 24.7 Å². The zero-order valence-electron chi connectivity index (χ0n) is 21.1. The summed E-state index contributed by atoms with van der Waals surface area (Å²) in [6.45, 7) is 10.1. The summed E-state index contributed by atoms with van der Waals surface area (Å²) in [5, 5.41) is 18.9. The molecule has 0 aliphatic heterocycles. The second-order valence-corrected chi connectivity index (χ2v) is 9.18. The number of benzene rings is 2. The first-order valence-corrected chi connectivity index (χ1v) is 11.9. The van der Waals surface area contributed by atoms with Gasteiger partial charge >= 0.3 is 0 Å². The van der Waals surface area contributed by atoms with Gasteiger partial charge in [-0.15, -0.1) is 0 Å².